The molecular weight excluding hydrogens is 268 g/mol. The molecule has 0 saturated heterocycles. The van der Waals surface area contributed by atoms with E-state index in [0.717, 1.165) is 17.7 Å². The molecule has 0 aliphatic heterocycles. The van der Waals surface area contributed by atoms with Crippen LogP contribution in [0.3, 0.4) is 0 Å². The van der Waals surface area contributed by atoms with Crippen molar-refractivity contribution in [3.8, 4) is 5.75 Å². The Balaban J connectivity index is 2.11. The Morgan fingerprint density at radius 3 is 2.25 bits per heavy atom. The molecule has 2 rings (SSSR count). The van der Waals surface area contributed by atoms with Crippen molar-refractivity contribution in [1.29, 1.82) is 0 Å². The summed E-state index contributed by atoms with van der Waals surface area (Å²) >= 11 is 3.21. The highest BCUT2D eigenvalue weighted by Gasteiger charge is 1.98. The van der Waals surface area contributed by atoms with Gasteiger partial charge in [-0.2, -0.15) is 0 Å². The van der Waals surface area contributed by atoms with Gasteiger partial charge in [0, 0.05) is 18.8 Å². The molecule has 1 aromatic carbocycles. The lowest BCUT2D eigenvalue weighted by Gasteiger charge is -2.03. The van der Waals surface area contributed by atoms with Crippen LogP contribution in [0.4, 0.5) is 0 Å². The molecule has 0 unspecified atom stereocenters. The summed E-state index contributed by atoms with van der Waals surface area (Å²) in [4.78, 5) is 8.18. The van der Waals surface area contributed by atoms with E-state index in [1.807, 2.05) is 36.7 Å². The third-order valence-electron chi connectivity index (χ3n) is 2.24. The number of aromatic nitrogens is 2. The van der Waals surface area contributed by atoms with Crippen molar-refractivity contribution in [2.75, 3.05) is 7.11 Å². The Hall–Kier alpha value is -1.42. The van der Waals surface area contributed by atoms with Gasteiger partial charge in [-0.3, -0.25) is 0 Å². The zero-order valence-corrected chi connectivity index (χ0v) is 10.4. The Morgan fingerprint density at radius 1 is 1.06 bits per heavy atom. The zero-order valence-electron chi connectivity index (χ0n) is 8.85. The van der Waals surface area contributed by atoms with Crippen LogP contribution in [-0.4, -0.2) is 17.1 Å². The molecule has 82 valence electrons. The van der Waals surface area contributed by atoms with Crippen LogP contribution in [0, 0.1) is 0 Å². The van der Waals surface area contributed by atoms with Crippen molar-refractivity contribution >= 4 is 15.9 Å². The Kier molecular flexibility index (Phi) is 3.51. The average Bonchev–Trinajstić information content (AvgIpc) is 2.33. The van der Waals surface area contributed by atoms with E-state index in [1.54, 1.807) is 7.11 Å². The van der Waals surface area contributed by atoms with Crippen LogP contribution in [0.1, 0.15) is 11.1 Å². The molecule has 1 aromatic heterocycles. The van der Waals surface area contributed by atoms with E-state index in [-0.39, 0.29) is 0 Å². The van der Waals surface area contributed by atoms with Crippen LogP contribution < -0.4 is 4.74 Å². The lowest BCUT2D eigenvalue weighted by molar-refractivity contribution is 0.414. The number of hydrogen-bond acceptors (Lipinski definition) is 3. The summed E-state index contributed by atoms with van der Waals surface area (Å²) in [6.45, 7) is 0. The molecule has 0 aliphatic carbocycles. The maximum absolute atomic E-state index is 5.10. The van der Waals surface area contributed by atoms with E-state index in [4.69, 9.17) is 4.74 Å². The van der Waals surface area contributed by atoms with Gasteiger partial charge in [0.25, 0.3) is 0 Å². The number of ether oxygens (including phenoxy) is 1. The van der Waals surface area contributed by atoms with Gasteiger partial charge in [-0.1, -0.05) is 12.1 Å². The number of nitrogens with zero attached hydrogens (tertiary/aromatic N) is 2. The second-order valence-corrected chi connectivity index (χ2v) is 4.09. The highest BCUT2D eigenvalue weighted by molar-refractivity contribution is 9.10. The maximum Gasteiger partial charge on any atom is 0.196 e. The second kappa shape index (κ2) is 5.07. The zero-order chi connectivity index (χ0) is 11.4. The molecule has 0 N–H and O–H groups in total. The first-order chi connectivity index (χ1) is 7.78. The van der Waals surface area contributed by atoms with Gasteiger partial charge in [0.15, 0.2) is 4.73 Å². The lowest BCUT2D eigenvalue weighted by Crippen LogP contribution is -1.92. The summed E-state index contributed by atoms with van der Waals surface area (Å²) in [5, 5.41) is 0. The maximum atomic E-state index is 5.10. The Bertz CT molecular complexity index is 453. The fourth-order valence-electron chi connectivity index (χ4n) is 1.41. The fraction of sp³-hybridized carbons (Fsp3) is 0.167. The van der Waals surface area contributed by atoms with Crippen molar-refractivity contribution in [2.24, 2.45) is 0 Å². The third-order valence-corrected chi connectivity index (χ3v) is 2.65. The molecule has 0 spiro atoms. The number of benzene rings is 1. The molecule has 4 heteroatoms. The first kappa shape index (κ1) is 11.1. The van der Waals surface area contributed by atoms with Gasteiger partial charge in [0.1, 0.15) is 5.75 Å². The van der Waals surface area contributed by atoms with Gasteiger partial charge in [-0.15, -0.1) is 0 Å². The number of rotatable bonds is 3. The van der Waals surface area contributed by atoms with Crippen LogP contribution in [0.2, 0.25) is 0 Å². The summed E-state index contributed by atoms with van der Waals surface area (Å²) < 4.78 is 5.72. The number of halogens is 1. The highest BCUT2D eigenvalue weighted by Crippen LogP contribution is 2.14. The minimum absolute atomic E-state index is 0.617. The lowest BCUT2D eigenvalue weighted by atomic mass is 10.1. The Morgan fingerprint density at radius 2 is 1.69 bits per heavy atom. The minimum Gasteiger partial charge on any atom is -0.497 e. The molecule has 16 heavy (non-hydrogen) atoms. The second-order valence-electron chi connectivity index (χ2n) is 3.39. The molecule has 0 radical (unpaired) electrons. The average molecular weight is 279 g/mol. The third kappa shape index (κ3) is 2.79. The number of hydrogen-bond donors (Lipinski definition) is 0. The van der Waals surface area contributed by atoms with Gasteiger partial charge >= 0.3 is 0 Å². The first-order valence-electron chi connectivity index (χ1n) is 4.87. The molecule has 0 amide bonds. The molecule has 0 fully saturated rings. The van der Waals surface area contributed by atoms with Gasteiger partial charge in [0.2, 0.25) is 0 Å². The topological polar surface area (TPSA) is 35.0 Å². The molecule has 2 aromatic rings. The van der Waals surface area contributed by atoms with E-state index in [1.165, 1.54) is 5.56 Å². The monoisotopic (exact) mass is 278 g/mol. The molecule has 0 aliphatic rings. The quantitative estimate of drug-likeness (QED) is 0.810. The molecule has 3 nitrogen and oxygen atoms in total. The standard InChI is InChI=1S/C12H11BrN2O/c1-16-11-4-2-9(3-5-11)6-10-7-14-12(13)15-8-10/h2-5,7-8H,6H2,1H3. The first-order valence-corrected chi connectivity index (χ1v) is 5.66. The van der Waals surface area contributed by atoms with E-state index in [2.05, 4.69) is 25.9 Å². The van der Waals surface area contributed by atoms with Crippen LogP contribution in [0.25, 0.3) is 0 Å². The minimum atomic E-state index is 0.617. The van der Waals surface area contributed by atoms with Gasteiger partial charge < -0.3 is 4.74 Å². The smallest absolute Gasteiger partial charge is 0.196 e. The van der Waals surface area contributed by atoms with Gasteiger partial charge in [-0.25, -0.2) is 9.97 Å². The largest absolute Gasteiger partial charge is 0.497 e. The molecule has 1 heterocycles. The predicted octanol–water partition coefficient (Wildman–Crippen LogP) is 2.84. The molecular formula is C12H11BrN2O. The summed E-state index contributed by atoms with van der Waals surface area (Å²) in [5.41, 5.74) is 2.31. The fourth-order valence-corrected chi connectivity index (χ4v) is 1.61. The van der Waals surface area contributed by atoms with Crippen molar-refractivity contribution in [3.05, 3.63) is 52.5 Å². The summed E-state index contributed by atoms with van der Waals surface area (Å²) in [5.74, 6) is 0.871. The molecule has 0 saturated carbocycles. The summed E-state index contributed by atoms with van der Waals surface area (Å²) in [6.07, 6.45) is 4.47. The van der Waals surface area contributed by atoms with Crippen molar-refractivity contribution in [3.63, 3.8) is 0 Å². The van der Waals surface area contributed by atoms with E-state index < -0.39 is 0 Å². The van der Waals surface area contributed by atoms with Crippen LogP contribution in [-0.2, 0) is 6.42 Å². The predicted molar refractivity (Wildman–Crippen MR) is 65.5 cm³/mol. The van der Waals surface area contributed by atoms with E-state index in [0.29, 0.717) is 4.73 Å². The summed E-state index contributed by atoms with van der Waals surface area (Å²) in [7, 11) is 1.66. The van der Waals surface area contributed by atoms with Crippen molar-refractivity contribution in [1.82, 2.24) is 9.97 Å². The number of methoxy groups -OCH3 is 1. The molecule has 0 atom stereocenters. The van der Waals surface area contributed by atoms with E-state index in [9.17, 15) is 0 Å². The Labute approximate surface area is 103 Å². The van der Waals surface area contributed by atoms with E-state index >= 15 is 0 Å². The van der Waals surface area contributed by atoms with Crippen LogP contribution in [0.15, 0.2) is 41.4 Å². The SMILES string of the molecule is COc1ccc(Cc2cnc(Br)nc2)cc1. The van der Waals surface area contributed by atoms with Crippen LogP contribution in [0.5, 0.6) is 5.75 Å². The van der Waals surface area contributed by atoms with Crippen LogP contribution >= 0.6 is 15.9 Å². The van der Waals surface area contributed by atoms with Gasteiger partial charge in [-0.05, 0) is 39.2 Å². The van der Waals surface area contributed by atoms with Gasteiger partial charge in [0.05, 0.1) is 7.11 Å². The normalized spacial score (nSPS) is 10.1. The van der Waals surface area contributed by atoms with Crippen molar-refractivity contribution < 1.29 is 4.74 Å². The molecule has 0 bridgehead atoms. The summed E-state index contributed by atoms with van der Waals surface area (Å²) in [6, 6.07) is 7.99. The highest BCUT2D eigenvalue weighted by atomic mass is 79.9. The van der Waals surface area contributed by atoms with Crippen molar-refractivity contribution in [2.45, 2.75) is 6.42 Å².